The highest BCUT2D eigenvalue weighted by atomic mass is 16.2. The zero-order chi connectivity index (χ0) is 15.6. The molecule has 0 radical (unpaired) electrons. The second kappa shape index (κ2) is 5.87. The Morgan fingerprint density at radius 3 is 2.62 bits per heavy atom. The monoisotopic (exact) mass is 292 g/mol. The summed E-state index contributed by atoms with van der Waals surface area (Å²) in [4.78, 5) is 23.4. The van der Waals surface area contributed by atoms with Crippen LogP contribution in [-0.4, -0.2) is 28.6 Å². The summed E-state index contributed by atoms with van der Waals surface area (Å²) in [7, 11) is 0. The normalized spacial score (nSPS) is 21.0. The predicted molar refractivity (Wildman–Crippen MR) is 80.8 cm³/mol. The summed E-state index contributed by atoms with van der Waals surface area (Å²) in [6.45, 7) is 8.63. The molecule has 6 nitrogen and oxygen atoms in total. The van der Waals surface area contributed by atoms with Crippen LogP contribution < -0.4 is 10.6 Å². The molecule has 116 valence electrons. The number of carbonyl (C=O) groups is 2. The van der Waals surface area contributed by atoms with Gasteiger partial charge in [0, 0.05) is 36.1 Å². The average molecular weight is 292 g/mol. The van der Waals surface area contributed by atoms with Crippen LogP contribution in [0.5, 0.6) is 0 Å². The van der Waals surface area contributed by atoms with Crippen LogP contribution in [-0.2, 0) is 15.0 Å². The fourth-order valence-corrected chi connectivity index (χ4v) is 2.09. The lowest BCUT2D eigenvalue weighted by Crippen LogP contribution is -2.29. The maximum Gasteiger partial charge on any atom is 0.227 e. The van der Waals surface area contributed by atoms with Gasteiger partial charge in [0.15, 0.2) is 5.82 Å². The Kier molecular flexibility index (Phi) is 4.34. The van der Waals surface area contributed by atoms with Gasteiger partial charge in [0.05, 0.1) is 0 Å². The molecule has 1 aromatic rings. The molecule has 1 aromatic heterocycles. The van der Waals surface area contributed by atoms with Gasteiger partial charge in [-0.2, -0.15) is 5.10 Å². The van der Waals surface area contributed by atoms with Gasteiger partial charge in [-0.3, -0.25) is 14.7 Å². The van der Waals surface area contributed by atoms with Crippen LogP contribution in [0.3, 0.4) is 0 Å². The molecule has 0 saturated heterocycles. The van der Waals surface area contributed by atoms with E-state index in [1.165, 1.54) is 0 Å². The number of anilines is 1. The number of hydrogen-bond acceptors (Lipinski definition) is 3. The molecule has 1 heterocycles. The molecule has 0 bridgehead atoms. The fourth-order valence-electron chi connectivity index (χ4n) is 2.09. The highest BCUT2D eigenvalue weighted by Gasteiger charge is 2.38. The summed E-state index contributed by atoms with van der Waals surface area (Å²) in [6.07, 6.45) is 1.21. The van der Waals surface area contributed by atoms with Crippen molar-refractivity contribution in [3.8, 4) is 0 Å². The van der Waals surface area contributed by atoms with Crippen molar-refractivity contribution in [2.75, 3.05) is 11.9 Å². The maximum absolute atomic E-state index is 11.8. The minimum Gasteiger partial charge on any atom is -0.355 e. The highest BCUT2D eigenvalue weighted by molar-refractivity contribution is 5.90. The Labute approximate surface area is 125 Å². The van der Waals surface area contributed by atoms with E-state index in [2.05, 4.69) is 48.5 Å². The fraction of sp³-hybridized carbons (Fsp3) is 0.667. The van der Waals surface area contributed by atoms with Crippen LogP contribution in [0.1, 0.15) is 46.2 Å². The smallest absolute Gasteiger partial charge is 0.227 e. The van der Waals surface area contributed by atoms with E-state index < -0.39 is 0 Å². The molecule has 3 N–H and O–H groups in total. The number of carbonyl (C=O) groups excluding carboxylic acids is 2. The molecule has 1 aliphatic carbocycles. The Morgan fingerprint density at radius 1 is 1.43 bits per heavy atom. The largest absolute Gasteiger partial charge is 0.355 e. The zero-order valence-corrected chi connectivity index (χ0v) is 13.1. The molecule has 1 fully saturated rings. The number of nitrogens with zero attached hydrogens (tertiary/aromatic N) is 1. The number of aromatic nitrogens is 2. The first kappa shape index (κ1) is 15.5. The van der Waals surface area contributed by atoms with E-state index in [-0.39, 0.29) is 29.6 Å². The lowest BCUT2D eigenvalue weighted by atomic mass is 9.92. The quantitative estimate of drug-likeness (QED) is 0.773. The Balaban J connectivity index is 1.72. The van der Waals surface area contributed by atoms with Crippen LogP contribution in [0.25, 0.3) is 0 Å². The van der Waals surface area contributed by atoms with Crippen molar-refractivity contribution in [1.29, 1.82) is 0 Å². The van der Waals surface area contributed by atoms with Gasteiger partial charge in [-0.1, -0.05) is 27.7 Å². The van der Waals surface area contributed by atoms with E-state index in [1.807, 2.05) is 6.07 Å². The standard InChI is InChI=1S/C15H24N4O2/c1-9-7-10(9)14(21)16-6-5-13(20)17-12-8-11(18-19-12)15(2,3)4/h8-10H,5-7H2,1-4H3,(H,16,21)(H2,17,18,19,20)/t9-,10+/m1/s1. The number of rotatable bonds is 5. The van der Waals surface area contributed by atoms with E-state index in [4.69, 9.17) is 0 Å². The third-order valence-corrected chi connectivity index (χ3v) is 3.75. The first-order chi connectivity index (χ1) is 9.77. The molecule has 2 atom stereocenters. The number of H-pyrrole nitrogens is 1. The topological polar surface area (TPSA) is 86.9 Å². The van der Waals surface area contributed by atoms with Crippen LogP contribution >= 0.6 is 0 Å². The Hall–Kier alpha value is -1.85. The molecule has 0 aliphatic heterocycles. The second-order valence-electron chi connectivity index (χ2n) is 6.83. The Bertz CT molecular complexity index is 530. The summed E-state index contributed by atoms with van der Waals surface area (Å²) >= 11 is 0. The van der Waals surface area contributed by atoms with Crippen LogP contribution in [0.4, 0.5) is 5.82 Å². The molecular formula is C15H24N4O2. The van der Waals surface area contributed by atoms with Gasteiger partial charge in [0.1, 0.15) is 0 Å². The second-order valence-corrected chi connectivity index (χ2v) is 6.83. The van der Waals surface area contributed by atoms with E-state index in [0.29, 0.717) is 18.3 Å². The van der Waals surface area contributed by atoms with Gasteiger partial charge in [-0.15, -0.1) is 0 Å². The van der Waals surface area contributed by atoms with Gasteiger partial charge < -0.3 is 10.6 Å². The lowest BCUT2D eigenvalue weighted by Gasteiger charge is -2.14. The van der Waals surface area contributed by atoms with Gasteiger partial charge in [0.2, 0.25) is 11.8 Å². The van der Waals surface area contributed by atoms with Crippen LogP contribution in [0.15, 0.2) is 6.07 Å². The molecule has 0 spiro atoms. The molecule has 1 saturated carbocycles. The first-order valence-corrected chi connectivity index (χ1v) is 7.41. The SMILES string of the molecule is C[C@@H]1C[C@@H]1C(=O)NCCC(=O)Nc1cc(C(C)(C)C)[nH]n1. The van der Waals surface area contributed by atoms with Crippen molar-refractivity contribution >= 4 is 17.6 Å². The van der Waals surface area contributed by atoms with Crippen LogP contribution in [0.2, 0.25) is 0 Å². The summed E-state index contributed by atoms with van der Waals surface area (Å²) in [5.74, 6) is 1.07. The Morgan fingerprint density at radius 2 is 2.10 bits per heavy atom. The minimum absolute atomic E-state index is 0.0368. The van der Waals surface area contributed by atoms with E-state index in [9.17, 15) is 9.59 Å². The zero-order valence-electron chi connectivity index (χ0n) is 13.1. The predicted octanol–water partition coefficient (Wildman–Crippen LogP) is 1.81. The molecule has 2 rings (SSSR count). The molecular weight excluding hydrogens is 268 g/mol. The van der Waals surface area contributed by atoms with Crippen molar-refractivity contribution in [2.45, 2.75) is 46.0 Å². The number of aromatic amines is 1. The van der Waals surface area contributed by atoms with Crippen LogP contribution in [0, 0.1) is 11.8 Å². The number of nitrogens with one attached hydrogen (secondary N) is 3. The molecule has 21 heavy (non-hydrogen) atoms. The van der Waals surface area contributed by atoms with E-state index in [0.717, 1.165) is 12.1 Å². The summed E-state index contributed by atoms with van der Waals surface area (Å²) in [5, 5.41) is 12.5. The molecule has 2 amide bonds. The lowest BCUT2D eigenvalue weighted by molar-refractivity contribution is -0.122. The third kappa shape index (κ3) is 4.31. The summed E-state index contributed by atoms with van der Waals surface area (Å²) in [6, 6.07) is 1.84. The van der Waals surface area contributed by atoms with Gasteiger partial charge in [0.25, 0.3) is 0 Å². The highest BCUT2D eigenvalue weighted by Crippen LogP contribution is 2.37. The van der Waals surface area contributed by atoms with Crippen molar-refractivity contribution in [3.05, 3.63) is 11.8 Å². The molecule has 0 aromatic carbocycles. The number of amides is 2. The van der Waals surface area contributed by atoms with Gasteiger partial charge >= 0.3 is 0 Å². The first-order valence-electron chi connectivity index (χ1n) is 7.41. The molecule has 1 aliphatic rings. The summed E-state index contributed by atoms with van der Waals surface area (Å²) < 4.78 is 0. The van der Waals surface area contributed by atoms with Crippen molar-refractivity contribution < 1.29 is 9.59 Å². The number of hydrogen-bond donors (Lipinski definition) is 3. The minimum atomic E-state index is -0.147. The van der Waals surface area contributed by atoms with Gasteiger partial charge in [-0.25, -0.2) is 0 Å². The third-order valence-electron chi connectivity index (χ3n) is 3.75. The molecule has 6 heteroatoms. The molecule has 0 unspecified atom stereocenters. The maximum atomic E-state index is 11.8. The van der Waals surface area contributed by atoms with E-state index >= 15 is 0 Å². The van der Waals surface area contributed by atoms with Crippen molar-refractivity contribution in [2.24, 2.45) is 11.8 Å². The van der Waals surface area contributed by atoms with E-state index in [1.54, 1.807) is 0 Å². The summed E-state index contributed by atoms with van der Waals surface area (Å²) in [5.41, 5.74) is 0.930. The van der Waals surface area contributed by atoms with Crippen molar-refractivity contribution in [3.63, 3.8) is 0 Å². The van der Waals surface area contributed by atoms with Gasteiger partial charge in [-0.05, 0) is 12.3 Å². The average Bonchev–Trinajstić information content (AvgIpc) is 2.90. The van der Waals surface area contributed by atoms with Crippen molar-refractivity contribution in [1.82, 2.24) is 15.5 Å².